The van der Waals surface area contributed by atoms with E-state index in [1.54, 1.807) is 0 Å². The van der Waals surface area contributed by atoms with Crippen LogP contribution < -0.4 is 15.4 Å². The summed E-state index contributed by atoms with van der Waals surface area (Å²) in [4.78, 5) is 24.4. The molecule has 8 heteroatoms. The summed E-state index contributed by atoms with van der Waals surface area (Å²) in [5.41, 5.74) is 3.36. The molecular weight excluding hydrogens is 491 g/mol. The minimum absolute atomic E-state index is 0.00370. The third-order valence-corrected chi connectivity index (χ3v) is 5.48. The average Bonchev–Trinajstić information content (AvgIpc) is 2.83. The Hall–Kier alpha value is -4.07. The molecule has 2 amide bonds. The topological polar surface area (TPSA) is 85.9 Å². The molecule has 0 aliphatic rings. The molecule has 3 aromatic carbocycles. The minimum atomic E-state index is -0.581. The molecule has 0 saturated carbocycles. The van der Waals surface area contributed by atoms with Gasteiger partial charge in [0.15, 0.2) is 0 Å². The summed E-state index contributed by atoms with van der Waals surface area (Å²) < 4.78 is 15.9. The van der Waals surface area contributed by atoms with Gasteiger partial charge in [-0.3, -0.25) is 10.6 Å². The molecule has 203 valence electrons. The Balaban J connectivity index is 1.83. The van der Waals surface area contributed by atoms with Gasteiger partial charge in [0.05, 0.1) is 0 Å². The summed E-state index contributed by atoms with van der Waals surface area (Å²) in [6.45, 7) is 10.9. The van der Waals surface area contributed by atoms with E-state index in [0.717, 1.165) is 22.8 Å². The molecule has 0 aromatic heterocycles. The summed E-state index contributed by atoms with van der Waals surface area (Å²) in [6, 6.07) is 23.2. The molecular formula is C31H36BN2O5. The standard InChI is InChI=1S/C31H36BN2O5/c1-30(2,3)38-28(35)33-24-13-9-22(10-14-24)27(19-21-7-17-26(18-8-21)37-20-32)23-11-15-25(16-12-23)34-29(36)39-31(4,5)6/h7-18,20,27H,19H2,1-6H3,(H,33,35)(H,34,36). The molecule has 0 bridgehead atoms. The zero-order valence-electron chi connectivity index (χ0n) is 23.4. The number of benzene rings is 3. The van der Waals surface area contributed by atoms with Gasteiger partial charge in [0.2, 0.25) is 0 Å². The van der Waals surface area contributed by atoms with Crippen molar-refractivity contribution in [2.24, 2.45) is 0 Å². The molecule has 0 heterocycles. The number of anilines is 2. The number of hydrogen-bond acceptors (Lipinski definition) is 5. The monoisotopic (exact) mass is 527 g/mol. The van der Waals surface area contributed by atoms with Gasteiger partial charge >= 0.3 is 150 Å². The first-order chi connectivity index (χ1) is 18.3. The van der Waals surface area contributed by atoms with Crippen LogP contribution in [-0.2, 0) is 15.9 Å². The maximum absolute atomic E-state index is 12.2. The predicted molar refractivity (Wildman–Crippen MR) is 157 cm³/mol. The third-order valence-electron chi connectivity index (χ3n) is 5.48. The number of nitrogens with one attached hydrogen (secondary N) is 2. The maximum atomic E-state index is 12.2. The quantitative estimate of drug-likeness (QED) is 0.306. The molecule has 0 spiro atoms. The molecule has 3 rings (SSSR count). The van der Waals surface area contributed by atoms with E-state index in [9.17, 15) is 9.59 Å². The van der Waals surface area contributed by atoms with E-state index in [1.807, 2.05) is 114 Å². The van der Waals surface area contributed by atoms with Crippen LogP contribution in [0.15, 0.2) is 72.8 Å². The molecule has 0 aliphatic heterocycles. The van der Waals surface area contributed by atoms with Crippen LogP contribution in [-0.4, -0.2) is 37.0 Å². The Morgan fingerprint density at radius 2 is 1.13 bits per heavy atom. The second kappa shape index (κ2) is 12.7. The zero-order chi connectivity index (χ0) is 28.6. The fraction of sp³-hybridized carbons (Fsp3) is 0.323. The van der Waals surface area contributed by atoms with Crippen LogP contribution in [0.25, 0.3) is 0 Å². The summed E-state index contributed by atoms with van der Waals surface area (Å²) in [5.74, 6) is 0.664. The van der Waals surface area contributed by atoms with E-state index in [1.165, 1.54) is 0 Å². The van der Waals surface area contributed by atoms with Crippen molar-refractivity contribution in [3.8, 4) is 5.75 Å². The summed E-state index contributed by atoms with van der Waals surface area (Å²) in [7, 11) is 5.36. The number of rotatable bonds is 8. The molecule has 0 fully saturated rings. The van der Waals surface area contributed by atoms with Crippen LogP contribution in [0.4, 0.5) is 21.0 Å². The van der Waals surface area contributed by atoms with Gasteiger partial charge in [-0.05, 0) is 41.5 Å². The number of carbonyl (C=O) groups excluding carboxylic acids is 2. The third kappa shape index (κ3) is 9.96. The van der Waals surface area contributed by atoms with Crippen LogP contribution in [0.3, 0.4) is 0 Å². The van der Waals surface area contributed by atoms with Crippen molar-refractivity contribution in [3.63, 3.8) is 0 Å². The van der Waals surface area contributed by atoms with E-state index in [0.29, 0.717) is 23.5 Å². The van der Waals surface area contributed by atoms with Gasteiger partial charge in [-0.15, -0.1) is 0 Å². The van der Waals surface area contributed by atoms with Crippen LogP contribution in [0.1, 0.15) is 64.2 Å². The van der Waals surface area contributed by atoms with Crippen molar-refractivity contribution < 1.29 is 23.8 Å². The molecule has 1 radical (unpaired) electrons. The molecule has 2 N–H and O–H groups in total. The molecule has 0 saturated heterocycles. The summed E-state index contributed by atoms with van der Waals surface area (Å²) in [5, 5.41) is 5.55. The van der Waals surface area contributed by atoms with Crippen molar-refractivity contribution in [3.05, 3.63) is 89.5 Å². The second-order valence-electron chi connectivity index (χ2n) is 11.2. The number of hydrogen-bond donors (Lipinski definition) is 2. The van der Waals surface area contributed by atoms with Crippen LogP contribution in [0.5, 0.6) is 5.75 Å². The normalized spacial score (nSPS) is 11.4. The first kappa shape index (κ1) is 29.5. The summed E-state index contributed by atoms with van der Waals surface area (Å²) >= 11 is 0. The Bertz CT molecular complexity index is 1190. The Labute approximate surface area is 231 Å². The first-order valence-electron chi connectivity index (χ1n) is 12.8. The fourth-order valence-corrected chi connectivity index (χ4v) is 3.89. The van der Waals surface area contributed by atoms with Gasteiger partial charge in [0.25, 0.3) is 0 Å². The van der Waals surface area contributed by atoms with E-state index in [4.69, 9.17) is 21.7 Å². The van der Waals surface area contributed by atoms with E-state index in [2.05, 4.69) is 10.6 Å². The Morgan fingerprint density at radius 1 is 0.718 bits per heavy atom. The fourth-order valence-electron chi connectivity index (χ4n) is 3.89. The van der Waals surface area contributed by atoms with Gasteiger partial charge < -0.3 is 9.47 Å². The SMILES string of the molecule is [B]=COc1ccc(CC(c2ccc(NC(=O)OC(C)(C)C)cc2)c2ccc(NC(=O)OC(C)(C)C)cc2)cc1. The zero-order valence-corrected chi connectivity index (χ0v) is 23.4. The molecule has 0 aliphatic carbocycles. The summed E-state index contributed by atoms with van der Waals surface area (Å²) in [6.07, 6.45) is 0.857. The van der Waals surface area contributed by atoms with Crippen molar-refractivity contribution in [1.82, 2.24) is 0 Å². The van der Waals surface area contributed by atoms with E-state index >= 15 is 0 Å². The van der Waals surface area contributed by atoms with Gasteiger partial charge in [-0.25, -0.2) is 9.59 Å². The second-order valence-corrected chi connectivity index (χ2v) is 11.2. The van der Waals surface area contributed by atoms with Gasteiger partial charge in [0.1, 0.15) is 11.2 Å². The van der Waals surface area contributed by atoms with Crippen molar-refractivity contribution in [2.45, 2.75) is 65.1 Å². The van der Waals surface area contributed by atoms with E-state index < -0.39 is 23.4 Å². The van der Waals surface area contributed by atoms with Gasteiger partial charge in [0, 0.05) is 0 Å². The number of ether oxygens (including phenoxy) is 3. The average molecular weight is 527 g/mol. The Kier molecular flexibility index (Phi) is 9.57. The molecule has 0 unspecified atom stereocenters. The van der Waals surface area contributed by atoms with E-state index in [-0.39, 0.29) is 5.92 Å². The number of carbonyl (C=O) groups is 2. The number of amides is 2. The molecule has 39 heavy (non-hydrogen) atoms. The van der Waals surface area contributed by atoms with Crippen LogP contribution in [0, 0.1) is 0 Å². The molecule has 7 nitrogen and oxygen atoms in total. The van der Waals surface area contributed by atoms with Crippen molar-refractivity contribution >= 4 is 37.2 Å². The molecule has 3 aromatic rings. The Morgan fingerprint density at radius 3 is 1.49 bits per heavy atom. The van der Waals surface area contributed by atoms with Crippen molar-refractivity contribution in [1.29, 1.82) is 0 Å². The molecule has 0 atom stereocenters. The van der Waals surface area contributed by atoms with Gasteiger partial charge in [-0.2, -0.15) is 0 Å². The van der Waals surface area contributed by atoms with Gasteiger partial charge in [-0.1, -0.05) is 0 Å². The first-order valence-corrected chi connectivity index (χ1v) is 12.8. The predicted octanol–water partition coefficient (Wildman–Crippen LogP) is 7.06. The van der Waals surface area contributed by atoms with Crippen LogP contribution in [0.2, 0.25) is 0 Å². The van der Waals surface area contributed by atoms with Crippen LogP contribution >= 0.6 is 0 Å². The van der Waals surface area contributed by atoms with Crippen molar-refractivity contribution in [2.75, 3.05) is 10.6 Å².